The normalized spacial score (nSPS) is 22.0. The smallest absolute Gasteiger partial charge is 0.313 e. The lowest BCUT2D eigenvalue weighted by molar-refractivity contribution is 0.423. The van der Waals surface area contributed by atoms with Gasteiger partial charge in [0.15, 0.2) is 0 Å². The first kappa shape index (κ1) is 7.16. The van der Waals surface area contributed by atoms with Gasteiger partial charge in [-0.05, 0) is 6.92 Å². The quantitative estimate of drug-likeness (QED) is 0.375. The zero-order chi connectivity index (χ0) is 7.78. The standard InChI is InChI=1S/C6H6O3S/c1-3-6-4-10(7,8)9-5(6)2/h1H,4H2,2H3. The number of allylic oxidation sites excluding steroid dienone is 1. The van der Waals surface area contributed by atoms with Crippen molar-refractivity contribution in [3.05, 3.63) is 11.3 Å². The highest BCUT2D eigenvalue weighted by atomic mass is 32.2. The summed E-state index contributed by atoms with van der Waals surface area (Å²) in [4.78, 5) is 0. The van der Waals surface area contributed by atoms with Crippen LogP contribution >= 0.6 is 0 Å². The summed E-state index contributed by atoms with van der Waals surface area (Å²) in [5.41, 5.74) is 0.417. The fraction of sp³-hybridized carbons (Fsp3) is 0.333. The fourth-order valence-electron chi connectivity index (χ4n) is 0.692. The summed E-state index contributed by atoms with van der Waals surface area (Å²) in [6.07, 6.45) is 4.99. The van der Waals surface area contributed by atoms with Crippen molar-refractivity contribution in [2.45, 2.75) is 6.92 Å². The highest BCUT2D eigenvalue weighted by Gasteiger charge is 2.24. The fourth-order valence-corrected chi connectivity index (χ4v) is 1.87. The number of terminal acetylenes is 1. The molecule has 4 heteroatoms. The third-order valence-electron chi connectivity index (χ3n) is 1.17. The van der Waals surface area contributed by atoms with E-state index in [4.69, 9.17) is 6.42 Å². The van der Waals surface area contributed by atoms with Gasteiger partial charge in [0, 0.05) is 0 Å². The Bertz CT molecular complexity index is 315. The van der Waals surface area contributed by atoms with E-state index in [0.717, 1.165) is 0 Å². The van der Waals surface area contributed by atoms with Gasteiger partial charge >= 0.3 is 10.1 Å². The van der Waals surface area contributed by atoms with Crippen LogP contribution in [0.5, 0.6) is 0 Å². The highest BCUT2D eigenvalue weighted by molar-refractivity contribution is 7.87. The van der Waals surface area contributed by atoms with Crippen LogP contribution in [-0.4, -0.2) is 14.2 Å². The van der Waals surface area contributed by atoms with E-state index in [1.54, 1.807) is 6.92 Å². The lowest BCUT2D eigenvalue weighted by atomic mass is 10.3. The van der Waals surface area contributed by atoms with E-state index < -0.39 is 10.1 Å². The first-order chi connectivity index (χ1) is 4.55. The molecule has 3 nitrogen and oxygen atoms in total. The second-order valence-corrected chi connectivity index (χ2v) is 3.54. The van der Waals surface area contributed by atoms with Crippen LogP contribution in [-0.2, 0) is 14.3 Å². The van der Waals surface area contributed by atoms with Gasteiger partial charge in [-0.3, -0.25) is 0 Å². The summed E-state index contributed by atoms with van der Waals surface area (Å²) in [6, 6.07) is 0. The molecule has 0 atom stereocenters. The molecule has 0 unspecified atom stereocenters. The molecule has 1 aliphatic rings. The summed E-state index contributed by atoms with van der Waals surface area (Å²) in [7, 11) is -3.37. The predicted molar refractivity (Wildman–Crippen MR) is 36.4 cm³/mol. The maximum Gasteiger partial charge on any atom is 0.313 e. The first-order valence-electron chi connectivity index (χ1n) is 2.64. The van der Waals surface area contributed by atoms with Crippen LogP contribution < -0.4 is 0 Å². The van der Waals surface area contributed by atoms with Gasteiger partial charge in [0.2, 0.25) is 0 Å². The van der Waals surface area contributed by atoms with Gasteiger partial charge in [-0.2, -0.15) is 8.42 Å². The molecule has 1 aliphatic heterocycles. The Morgan fingerprint density at radius 2 is 2.30 bits per heavy atom. The highest BCUT2D eigenvalue weighted by Crippen LogP contribution is 2.19. The SMILES string of the molecule is C#CC1=C(C)OS(=O)(=O)C1. The van der Waals surface area contributed by atoms with Gasteiger partial charge in [0.05, 0.1) is 5.57 Å². The zero-order valence-corrected chi connectivity index (χ0v) is 6.23. The molecule has 0 N–H and O–H groups in total. The second-order valence-electron chi connectivity index (χ2n) is 1.96. The average Bonchev–Trinajstić information content (AvgIpc) is 2.05. The Hall–Kier alpha value is -0.950. The molecule has 0 spiro atoms. The Kier molecular flexibility index (Phi) is 1.45. The van der Waals surface area contributed by atoms with Crippen LogP contribution in [0.25, 0.3) is 0 Å². The molecule has 0 radical (unpaired) electrons. The molecule has 0 bridgehead atoms. The summed E-state index contributed by atoms with van der Waals surface area (Å²) in [5.74, 6) is 2.41. The van der Waals surface area contributed by atoms with Crippen LogP contribution in [0.1, 0.15) is 6.92 Å². The van der Waals surface area contributed by atoms with E-state index in [1.807, 2.05) is 0 Å². The monoisotopic (exact) mass is 158 g/mol. The van der Waals surface area contributed by atoms with Crippen molar-refractivity contribution in [2.24, 2.45) is 0 Å². The molecule has 0 saturated heterocycles. The predicted octanol–water partition coefficient (Wildman–Crippen LogP) is 0.254. The van der Waals surface area contributed by atoms with Crippen molar-refractivity contribution < 1.29 is 12.6 Å². The van der Waals surface area contributed by atoms with E-state index >= 15 is 0 Å². The third kappa shape index (κ3) is 1.14. The minimum atomic E-state index is -3.37. The Balaban J connectivity index is 3.02. The van der Waals surface area contributed by atoms with Crippen molar-refractivity contribution in [3.63, 3.8) is 0 Å². The van der Waals surface area contributed by atoms with Crippen LogP contribution in [0.3, 0.4) is 0 Å². The minimum absolute atomic E-state index is 0.157. The number of rotatable bonds is 0. The van der Waals surface area contributed by atoms with Crippen LogP contribution in [0.15, 0.2) is 11.3 Å². The molecular weight excluding hydrogens is 152 g/mol. The molecule has 1 heterocycles. The summed E-state index contributed by atoms with van der Waals surface area (Å²) >= 11 is 0. The van der Waals surface area contributed by atoms with Gasteiger partial charge in [0.1, 0.15) is 11.5 Å². The van der Waals surface area contributed by atoms with Gasteiger partial charge in [-0.15, -0.1) is 6.42 Å². The summed E-state index contributed by atoms with van der Waals surface area (Å²) < 4.78 is 25.8. The zero-order valence-electron chi connectivity index (χ0n) is 5.42. The topological polar surface area (TPSA) is 43.4 Å². The van der Waals surface area contributed by atoms with Crippen LogP contribution in [0.4, 0.5) is 0 Å². The van der Waals surface area contributed by atoms with Crippen molar-refractivity contribution in [1.82, 2.24) is 0 Å². The molecule has 0 aromatic carbocycles. The molecule has 0 aromatic rings. The summed E-state index contributed by atoms with van der Waals surface area (Å²) in [6.45, 7) is 1.54. The molecule has 10 heavy (non-hydrogen) atoms. The van der Waals surface area contributed by atoms with Crippen LogP contribution in [0.2, 0.25) is 0 Å². The maximum absolute atomic E-state index is 10.7. The molecule has 1 rings (SSSR count). The molecule has 0 aliphatic carbocycles. The largest absolute Gasteiger partial charge is 0.386 e. The molecule has 0 saturated carbocycles. The van der Waals surface area contributed by atoms with Crippen molar-refractivity contribution in [2.75, 3.05) is 5.75 Å². The third-order valence-corrected chi connectivity index (χ3v) is 2.32. The first-order valence-corrected chi connectivity index (χ1v) is 4.21. The van der Waals surface area contributed by atoms with E-state index in [-0.39, 0.29) is 5.75 Å². The average molecular weight is 158 g/mol. The Morgan fingerprint density at radius 1 is 1.70 bits per heavy atom. The van der Waals surface area contributed by atoms with E-state index in [0.29, 0.717) is 11.3 Å². The summed E-state index contributed by atoms with van der Waals surface area (Å²) in [5, 5.41) is 0. The number of hydrogen-bond acceptors (Lipinski definition) is 3. The van der Waals surface area contributed by atoms with Gasteiger partial charge in [-0.25, -0.2) is 0 Å². The molecule has 0 aromatic heterocycles. The molecular formula is C6H6O3S. The van der Waals surface area contributed by atoms with Gasteiger partial charge in [-0.1, -0.05) is 5.92 Å². The van der Waals surface area contributed by atoms with E-state index in [1.165, 1.54) is 0 Å². The Labute approximate surface area is 59.8 Å². The Morgan fingerprint density at radius 3 is 2.50 bits per heavy atom. The molecule has 0 fully saturated rings. The maximum atomic E-state index is 10.7. The molecule has 0 amide bonds. The minimum Gasteiger partial charge on any atom is -0.386 e. The van der Waals surface area contributed by atoms with E-state index in [2.05, 4.69) is 10.1 Å². The van der Waals surface area contributed by atoms with Crippen molar-refractivity contribution in [3.8, 4) is 12.3 Å². The van der Waals surface area contributed by atoms with Crippen LogP contribution in [0, 0.1) is 12.3 Å². The lowest BCUT2D eigenvalue weighted by Gasteiger charge is -1.91. The second kappa shape index (κ2) is 2.03. The number of hydrogen-bond donors (Lipinski definition) is 0. The molecule has 54 valence electrons. The lowest BCUT2D eigenvalue weighted by Crippen LogP contribution is -2.00. The van der Waals surface area contributed by atoms with Crippen molar-refractivity contribution in [1.29, 1.82) is 0 Å². The van der Waals surface area contributed by atoms with E-state index in [9.17, 15) is 8.42 Å². The van der Waals surface area contributed by atoms with Gasteiger partial charge < -0.3 is 4.18 Å². The van der Waals surface area contributed by atoms with Gasteiger partial charge in [0.25, 0.3) is 0 Å². The van der Waals surface area contributed by atoms with Crippen molar-refractivity contribution >= 4 is 10.1 Å².